The second-order valence-corrected chi connectivity index (χ2v) is 4.03. The van der Waals surface area contributed by atoms with Crippen LogP contribution in [-0.2, 0) is 0 Å². The van der Waals surface area contributed by atoms with Gasteiger partial charge in [-0.2, -0.15) is 0 Å². The molecule has 0 amide bonds. The quantitative estimate of drug-likeness (QED) is 0.605. The molecule has 0 aliphatic rings. The second kappa shape index (κ2) is 36.1. The molecule has 0 aromatic heterocycles. The summed E-state index contributed by atoms with van der Waals surface area (Å²) in [6.07, 6.45) is 7.60. The van der Waals surface area contributed by atoms with Gasteiger partial charge in [0, 0.05) is 6.61 Å². The highest BCUT2D eigenvalue weighted by Gasteiger charge is 1.92. The number of aliphatic hydroxyl groups is 1. The highest BCUT2D eigenvalue weighted by molar-refractivity contribution is 4.45. The van der Waals surface area contributed by atoms with Crippen molar-refractivity contribution in [2.24, 2.45) is 5.92 Å². The van der Waals surface area contributed by atoms with Crippen molar-refractivity contribution in [2.45, 2.75) is 80.1 Å². The maximum absolute atomic E-state index is 7.88. The van der Waals surface area contributed by atoms with Crippen molar-refractivity contribution in [1.82, 2.24) is 0 Å². The van der Waals surface area contributed by atoms with Gasteiger partial charge in [0.05, 0.1) is 0 Å². The van der Waals surface area contributed by atoms with Crippen molar-refractivity contribution in [3.05, 3.63) is 13.2 Å². The van der Waals surface area contributed by atoms with Crippen molar-refractivity contribution < 1.29 is 5.11 Å². The topological polar surface area (TPSA) is 20.2 Å². The zero-order valence-electron chi connectivity index (χ0n) is 13.4. The smallest absolute Gasteiger partial charge is 0.0428 e. The average molecular weight is 246 g/mol. The van der Waals surface area contributed by atoms with Gasteiger partial charge in [-0.05, 0) is 12.3 Å². The predicted molar refractivity (Wildman–Crippen MR) is 83.6 cm³/mol. The Morgan fingerprint density at radius 2 is 1.18 bits per heavy atom. The maximum atomic E-state index is 7.88. The van der Waals surface area contributed by atoms with Crippen LogP contribution in [0.15, 0.2) is 13.2 Å². The summed E-state index contributed by atoms with van der Waals surface area (Å²) in [7, 11) is 0. The van der Waals surface area contributed by atoms with E-state index in [1.165, 1.54) is 32.1 Å². The summed E-state index contributed by atoms with van der Waals surface area (Å²) in [4.78, 5) is 0. The number of rotatable bonds is 5. The lowest BCUT2D eigenvalue weighted by Gasteiger charge is -2.02. The summed E-state index contributed by atoms with van der Waals surface area (Å²) < 4.78 is 0. The SMILES string of the molecule is C=C.CCCC.CCCC(C)CC.CCCO. The van der Waals surface area contributed by atoms with Crippen LogP contribution in [-0.4, -0.2) is 11.7 Å². The van der Waals surface area contributed by atoms with Gasteiger partial charge >= 0.3 is 0 Å². The minimum Gasteiger partial charge on any atom is -0.396 e. The number of aliphatic hydroxyl groups excluding tert-OH is 1. The maximum Gasteiger partial charge on any atom is 0.0428 e. The molecule has 1 unspecified atom stereocenters. The van der Waals surface area contributed by atoms with Gasteiger partial charge in [-0.15, -0.1) is 13.2 Å². The minimum absolute atomic E-state index is 0.319. The van der Waals surface area contributed by atoms with Gasteiger partial charge in [0.2, 0.25) is 0 Å². The lowest BCUT2D eigenvalue weighted by Crippen LogP contribution is -1.88. The van der Waals surface area contributed by atoms with Gasteiger partial charge in [-0.3, -0.25) is 0 Å². The van der Waals surface area contributed by atoms with E-state index in [1.54, 1.807) is 0 Å². The van der Waals surface area contributed by atoms with Crippen LogP contribution in [0.3, 0.4) is 0 Å². The molecular formula is C16H38O. The summed E-state index contributed by atoms with van der Waals surface area (Å²) in [6, 6.07) is 0. The van der Waals surface area contributed by atoms with Crippen LogP contribution in [0.4, 0.5) is 0 Å². The predicted octanol–water partition coefficient (Wildman–Crippen LogP) is 5.83. The molecule has 0 spiro atoms. The first-order chi connectivity index (χ1) is 8.14. The Balaban J connectivity index is -0.0000000733. The summed E-state index contributed by atoms with van der Waals surface area (Å²) in [5, 5.41) is 7.88. The molecule has 1 atom stereocenters. The molecule has 0 aliphatic heterocycles. The fourth-order valence-corrected chi connectivity index (χ4v) is 0.697. The molecule has 0 rings (SSSR count). The largest absolute Gasteiger partial charge is 0.396 e. The molecule has 0 heterocycles. The first kappa shape index (κ1) is 25.5. The van der Waals surface area contributed by atoms with Gasteiger partial charge in [-0.25, -0.2) is 0 Å². The van der Waals surface area contributed by atoms with Crippen LogP contribution in [0.1, 0.15) is 80.1 Å². The second-order valence-electron chi connectivity index (χ2n) is 4.03. The summed E-state index contributed by atoms with van der Waals surface area (Å²) in [6.45, 7) is 19.4. The standard InChI is InChI=1S/C7H16.C4H10.C3H8O.C2H4/c1-4-6-7(3)5-2;1-3-4-2;1-2-3-4;1-2/h7H,4-6H2,1-3H3;3-4H2,1-2H3;4H,2-3H2,1H3;1-2H2. The minimum atomic E-state index is 0.319. The Morgan fingerprint density at radius 3 is 1.24 bits per heavy atom. The zero-order valence-corrected chi connectivity index (χ0v) is 13.4. The molecule has 0 radical (unpaired) electrons. The number of hydrogen-bond donors (Lipinski definition) is 1. The van der Waals surface area contributed by atoms with Crippen LogP contribution in [0.2, 0.25) is 0 Å². The van der Waals surface area contributed by atoms with E-state index in [9.17, 15) is 0 Å². The van der Waals surface area contributed by atoms with Crippen molar-refractivity contribution >= 4 is 0 Å². The molecule has 1 heteroatoms. The van der Waals surface area contributed by atoms with E-state index in [2.05, 4.69) is 47.8 Å². The Kier molecular flexibility index (Phi) is 54.1. The van der Waals surface area contributed by atoms with E-state index in [0.29, 0.717) is 6.61 Å². The number of unbranched alkanes of at least 4 members (excludes halogenated alkanes) is 1. The fourth-order valence-electron chi connectivity index (χ4n) is 0.697. The van der Waals surface area contributed by atoms with E-state index in [-0.39, 0.29) is 0 Å². The molecule has 0 aliphatic carbocycles. The van der Waals surface area contributed by atoms with Gasteiger partial charge in [0.25, 0.3) is 0 Å². The highest BCUT2D eigenvalue weighted by Crippen LogP contribution is 2.07. The Morgan fingerprint density at radius 1 is 0.824 bits per heavy atom. The van der Waals surface area contributed by atoms with Crippen molar-refractivity contribution in [3.63, 3.8) is 0 Å². The molecular weight excluding hydrogens is 208 g/mol. The van der Waals surface area contributed by atoms with E-state index >= 15 is 0 Å². The summed E-state index contributed by atoms with van der Waals surface area (Å²) in [5.74, 6) is 0.949. The van der Waals surface area contributed by atoms with Crippen LogP contribution in [0, 0.1) is 5.92 Å². The molecule has 1 nitrogen and oxygen atoms in total. The Hall–Kier alpha value is -0.300. The molecule has 1 N–H and O–H groups in total. The summed E-state index contributed by atoms with van der Waals surface area (Å²) >= 11 is 0. The van der Waals surface area contributed by atoms with Crippen LogP contribution < -0.4 is 0 Å². The lowest BCUT2D eigenvalue weighted by atomic mass is 10.0. The third-order valence-corrected chi connectivity index (χ3v) is 2.20. The van der Waals surface area contributed by atoms with Gasteiger partial charge in [0.15, 0.2) is 0 Å². The first-order valence-electron chi connectivity index (χ1n) is 7.25. The molecule has 0 saturated carbocycles. The molecule has 0 bridgehead atoms. The van der Waals surface area contributed by atoms with Gasteiger partial charge in [-0.1, -0.05) is 73.6 Å². The molecule has 0 fully saturated rings. The van der Waals surface area contributed by atoms with Crippen LogP contribution in [0.25, 0.3) is 0 Å². The van der Waals surface area contributed by atoms with Crippen LogP contribution in [0.5, 0.6) is 0 Å². The third-order valence-electron chi connectivity index (χ3n) is 2.20. The molecule has 108 valence electrons. The number of hydrogen-bond acceptors (Lipinski definition) is 1. The molecule has 0 saturated heterocycles. The van der Waals surface area contributed by atoms with E-state index in [1.807, 2.05) is 6.92 Å². The van der Waals surface area contributed by atoms with Gasteiger partial charge in [0.1, 0.15) is 0 Å². The first-order valence-corrected chi connectivity index (χ1v) is 7.25. The highest BCUT2D eigenvalue weighted by atomic mass is 16.2. The molecule has 0 aromatic carbocycles. The van der Waals surface area contributed by atoms with Gasteiger partial charge < -0.3 is 5.11 Å². The summed E-state index contributed by atoms with van der Waals surface area (Å²) in [5.41, 5.74) is 0. The van der Waals surface area contributed by atoms with Crippen molar-refractivity contribution in [1.29, 1.82) is 0 Å². The van der Waals surface area contributed by atoms with Crippen molar-refractivity contribution in [2.75, 3.05) is 6.61 Å². The fraction of sp³-hybridized carbons (Fsp3) is 0.875. The van der Waals surface area contributed by atoms with E-state index in [4.69, 9.17) is 5.11 Å². The molecule has 0 aromatic rings. The van der Waals surface area contributed by atoms with E-state index in [0.717, 1.165) is 12.3 Å². The monoisotopic (exact) mass is 246 g/mol. The molecule has 17 heavy (non-hydrogen) atoms. The van der Waals surface area contributed by atoms with E-state index < -0.39 is 0 Å². The van der Waals surface area contributed by atoms with Crippen molar-refractivity contribution in [3.8, 4) is 0 Å². The Bertz CT molecular complexity index is 73.6. The zero-order chi connectivity index (χ0) is 14.5. The third kappa shape index (κ3) is 65.6. The van der Waals surface area contributed by atoms with Crippen LogP contribution >= 0.6 is 0 Å². The lowest BCUT2D eigenvalue weighted by molar-refractivity contribution is 0.295. The Labute approximate surface area is 111 Å². The normalized spacial score (nSPS) is 9.59. The average Bonchev–Trinajstić information content (AvgIpc) is 2.41.